The van der Waals surface area contributed by atoms with Crippen molar-refractivity contribution in [3.63, 3.8) is 0 Å². The number of carbonyl (C=O) groups is 1. The smallest absolute Gasteiger partial charge is 0.272 e. The van der Waals surface area contributed by atoms with Crippen molar-refractivity contribution in [2.45, 2.75) is 12.8 Å². The van der Waals surface area contributed by atoms with Crippen molar-refractivity contribution >= 4 is 11.7 Å². The van der Waals surface area contributed by atoms with E-state index in [1.165, 1.54) is 12.1 Å². The molecule has 0 bridgehead atoms. The van der Waals surface area contributed by atoms with Gasteiger partial charge in [0, 0.05) is 57.7 Å². The molecule has 33 heavy (non-hydrogen) atoms. The van der Waals surface area contributed by atoms with Crippen molar-refractivity contribution in [2.24, 2.45) is 5.92 Å². The van der Waals surface area contributed by atoms with Crippen LogP contribution in [0.1, 0.15) is 23.3 Å². The first-order valence-corrected chi connectivity index (χ1v) is 11.6. The van der Waals surface area contributed by atoms with Gasteiger partial charge in [-0.05, 0) is 55.2 Å². The zero-order valence-electron chi connectivity index (χ0n) is 18.7. The van der Waals surface area contributed by atoms with Crippen LogP contribution in [-0.2, 0) is 0 Å². The van der Waals surface area contributed by atoms with Crippen LogP contribution in [0, 0.1) is 11.7 Å². The fourth-order valence-electron chi connectivity index (χ4n) is 4.89. The maximum Gasteiger partial charge on any atom is 0.272 e. The molecule has 4 heterocycles. The highest BCUT2D eigenvalue weighted by molar-refractivity contribution is 5.93. The van der Waals surface area contributed by atoms with E-state index >= 15 is 0 Å². The molecule has 2 aromatic heterocycles. The molecule has 2 saturated heterocycles. The molecule has 7 nitrogen and oxygen atoms in total. The van der Waals surface area contributed by atoms with Crippen LogP contribution in [-0.4, -0.2) is 76.1 Å². The number of hydrogen-bond acceptors (Lipinski definition) is 5. The van der Waals surface area contributed by atoms with Crippen LogP contribution < -0.4 is 4.90 Å². The average molecular weight is 449 g/mol. The standard InChI is InChI=1S/C25H29FN6O/c26-21-6-8-22(9-7-21)32-19-27-16-23(32)25(33)31-11-3-4-20(18-31)17-29-12-14-30(15-13-29)24-5-1-2-10-28-24/h1-2,5-10,16,19-20H,3-4,11-15,17-18H2. The van der Waals surface area contributed by atoms with Crippen LogP contribution in [0.5, 0.6) is 0 Å². The number of piperazine rings is 1. The lowest BCUT2D eigenvalue weighted by Crippen LogP contribution is -2.50. The summed E-state index contributed by atoms with van der Waals surface area (Å²) >= 11 is 0. The van der Waals surface area contributed by atoms with Crippen LogP contribution in [0.2, 0.25) is 0 Å². The van der Waals surface area contributed by atoms with Gasteiger partial charge in [-0.1, -0.05) is 6.07 Å². The van der Waals surface area contributed by atoms with E-state index < -0.39 is 0 Å². The van der Waals surface area contributed by atoms with Crippen molar-refractivity contribution in [3.8, 4) is 5.69 Å². The number of amides is 1. The van der Waals surface area contributed by atoms with Crippen LogP contribution in [0.4, 0.5) is 10.2 Å². The van der Waals surface area contributed by atoms with Crippen molar-refractivity contribution in [2.75, 3.05) is 50.7 Å². The van der Waals surface area contributed by atoms with Gasteiger partial charge in [-0.25, -0.2) is 14.4 Å². The number of nitrogens with zero attached hydrogens (tertiary/aromatic N) is 6. The predicted molar refractivity (Wildman–Crippen MR) is 125 cm³/mol. The van der Waals surface area contributed by atoms with E-state index in [9.17, 15) is 9.18 Å². The van der Waals surface area contributed by atoms with E-state index in [2.05, 4.69) is 25.8 Å². The number of imidazole rings is 1. The second-order valence-electron chi connectivity index (χ2n) is 8.86. The van der Waals surface area contributed by atoms with Gasteiger partial charge in [0.25, 0.3) is 5.91 Å². The molecule has 1 aromatic carbocycles. The summed E-state index contributed by atoms with van der Waals surface area (Å²) in [5, 5.41) is 0. The lowest BCUT2D eigenvalue weighted by atomic mass is 9.96. The third kappa shape index (κ3) is 4.90. The summed E-state index contributed by atoms with van der Waals surface area (Å²) in [6.07, 6.45) is 7.21. The topological polar surface area (TPSA) is 57.5 Å². The number of piperidine rings is 1. The Morgan fingerprint density at radius 2 is 1.85 bits per heavy atom. The first-order chi connectivity index (χ1) is 16.2. The van der Waals surface area contributed by atoms with Gasteiger partial charge in [-0.2, -0.15) is 0 Å². The Labute approximate surface area is 193 Å². The predicted octanol–water partition coefficient (Wildman–Crippen LogP) is 3.08. The summed E-state index contributed by atoms with van der Waals surface area (Å²) in [5.41, 5.74) is 1.25. The Bertz CT molecular complexity index is 1060. The normalized spacial score (nSPS) is 19.6. The third-order valence-electron chi connectivity index (χ3n) is 6.63. The zero-order chi connectivity index (χ0) is 22.6. The minimum atomic E-state index is -0.300. The Morgan fingerprint density at radius 3 is 2.61 bits per heavy atom. The largest absolute Gasteiger partial charge is 0.354 e. The summed E-state index contributed by atoms with van der Waals surface area (Å²) in [6.45, 7) is 6.51. The molecule has 0 aliphatic carbocycles. The fraction of sp³-hybridized carbons (Fsp3) is 0.400. The molecule has 172 valence electrons. The molecule has 2 fully saturated rings. The molecule has 0 radical (unpaired) electrons. The van der Waals surface area contributed by atoms with Crippen molar-refractivity contribution < 1.29 is 9.18 Å². The summed E-state index contributed by atoms with van der Waals surface area (Å²) in [4.78, 5) is 28.8. The van der Waals surface area contributed by atoms with Gasteiger partial charge in [0.05, 0.1) is 12.5 Å². The molecule has 2 aliphatic heterocycles. The van der Waals surface area contributed by atoms with Crippen LogP contribution in [0.3, 0.4) is 0 Å². The number of anilines is 1. The van der Waals surface area contributed by atoms with Gasteiger partial charge in [0.15, 0.2) is 0 Å². The number of pyridine rings is 1. The molecular weight excluding hydrogens is 419 g/mol. The molecule has 1 unspecified atom stereocenters. The van der Waals surface area contributed by atoms with E-state index in [-0.39, 0.29) is 11.7 Å². The zero-order valence-corrected chi connectivity index (χ0v) is 18.7. The number of benzene rings is 1. The first-order valence-electron chi connectivity index (χ1n) is 11.6. The summed E-state index contributed by atoms with van der Waals surface area (Å²) in [7, 11) is 0. The Balaban J connectivity index is 1.18. The maximum absolute atomic E-state index is 13.3. The van der Waals surface area contributed by atoms with Gasteiger partial charge in [0.1, 0.15) is 17.3 Å². The molecule has 0 N–H and O–H groups in total. The second-order valence-corrected chi connectivity index (χ2v) is 8.86. The van der Waals surface area contributed by atoms with Crippen LogP contribution in [0.25, 0.3) is 5.69 Å². The van der Waals surface area contributed by atoms with Crippen molar-refractivity contribution in [1.82, 2.24) is 24.3 Å². The van der Waals surface area contributed by atoms with Crippen molar-refractivity contribution in [1.29, 1.82) is 0 Å². The highest BCUT2D eigenvalue weighted by atomic mass is 19.1. The minimum absolute atomic E-state index is 0.0125. The molecule has 0 saturated carbocycles. The summed E-state index contributed by atoms with van der Waals surface area (Å²) in [5.74, 6) is 1.20. The van der Waals surface area contributed by atoms with E-state index in [4.69, 9.17) is 0 Å². The molecule has 2 aliphatic rings. The van der Waals surface area contributed by atoms with Gasteiger partial charge >= 0.3 is 0 Å². The van der Waals surface area contributed by atoms with Gasteiger partial charge in [0.2, 0.25) is 0 Å². The number of halogens is 1. The molecule has 5 rings (SSSR count). The SMILES string of the molecule is O=C(c1cncn1-c1ccc(F)cc1)N1CCCC(CN2CCN(c3ccccn3)CC2)C1. The molecule has 0 spiro atoms. The lowest BCUT2D eigenvalue weighted by Gasteiger charge is -2.39. The Morgan fingerprint density at radius 1 is 1.03 bits per heavy atom. The van der Waals surface area contributed by atoms with Crippen LogP contribution >= 0.6 is 0 Å². The number of likely N-dealkylation sites (tertiary alicyclic amines) is 1. The maximum atomic E-state index is 13.3. The number of rotatable bonds is 5. The highest BCUT2D eigenvalue weighted by Gasteiger charge is 2.29. The average Bonchev–Trinajstić information content (AvgIpc) is 3.35. The molecule has 1 amide bonds. The van der Waals surface area contributed by atoms with E-state index in [1.54, 1.807) is 29.2 Å². The van der Waals surface area contributed by atoms with Gasteiger partial charge in [-0.15, -0.1) is 0 Å². The van der Waals surface area contributed by atoms with Crippen molar-refractivity contribution in [3.05, 3.63) is 72.7 Å². The number of aromatic nitrogens is 3. The Kier molecular flexibility index (Phi) is 6.35. The number of hydrogen-bond donors (Lipinski definition) is 0. The lowest BCUT2D eigenvalue weighted by molar-refractivity contribution is 0.0629. The number of carbonyl (C=O) groups excluding carboxylic acids is 1. The van der Waals surface area contributed by atoms with Crippen LogP contribution in [0.15, 0.2) is 61.2 Å². The van der Waals surface area contributed by atoms with E-state index in [1.807, 2.05) is 23.2 Å². The van der Waals surface area contributed by atoms with E-state index in [0.29, 0.717) is 11.6 Å². The van der Waals surface area contributed by atoms with Gasteiger partial charge in [-0.3, -0.25) is 14.3 Å². The van der Waals surface area contributed by atoms with Gasteiger partial charge < -0.3 is 9.80 Å². The quantitative estimate of drug-likeness (QED) is 0.601. The fourth-order valence-corrected chi connectivity index (χ4v) is 4.89. The summed E-state index contributed by atoms with van der Waals surface area (Å²) < 4.78 is 15.1. The molecule has 1 atom stereocenters. The Hall–Kier alpha value is -3.26. The summed E-state index contributed by atoms with van der Waals surface area (Å²) in [6, 6.07) is 12.2. The second kappa shape index (κ2) is 9.70. The molecular formula is C25H29FN6O. The monoisotopic (exact) mass is 448 g/mol. The molecule has 3 aromatic rings. The minimum Gasteiger partial charge on any atom is -0.354 e. The van der Waals surface area contributed by atoms with E-state index in [0.717, 1.165) is 70.2 Å². The highest BCUT2D eigenvalue weighted by Crippen LogP contribution is 2.22. The first kappa shape index (κ1) is 21.6. The molecule has 8 heteroatoms. The third-order valence-corrected chi connectivity index (χ3v) is 6.63.